The summed E-state index contributed by atoms with van der Waals surface area (Å²) in [6.45, 7) is 3.02. The Bertz CT molecular complexity index is 174. The Kier molecular flexibility index (Phi) is 2.92. The van der Waals surface area contributed by atoms with Crippen molar-refractivity contribution in [2.24, 2.45) is 0 Å². The van der Waals surface area contributed by atoms with E-state index in [4.69, 9.17) is 5.11 Å². The minimum absolute atomic E-state index is 0.0788. The average molecular weight is 153 g/mol. The summed E-state index contributed by atoms with van der Waals surface area (Å²) in [7, 11) is 0. The van der Waals surface area contributed by atoms with Crippen LogP contribution in [0.15, 0.2) is 0 Å². The molecule has 0 bridgehead atoms. The maximum Gasteiger partial charge on any atom is 0.0613 e. The SMILES string of the molecule is CC#CCCNC1(CO)CC1. The van der Waals surface area contributed by atoms with Crippen LogP contribution in [0.25, 0.3) is 0 Å². The van der Waals surface area contributed by atoms with Gasteiger partial charge in [0.2, 0.25) is 0 Å². The summed E-state index contributed by atoms with van der Waals surface area (Å²) in [6, 6.07) is 0. The topological polar surface area (TPSA) is 32.3 Å². The van der Waals surface area contributed by atoms with Gasteiger partial charge in [-0.05, 0) is 19.8 Å². The van der Waals surface area contributed by atoms with E-state index in [9.17, 15) is 0 Å². The van der Waals surface area contributed by atoms with Gasteiger partial charge in [-0.2, -0.15) is 0 Å². The summed E-state index contributed by atoms with van der Waals surface area (Å²) in [5.41, 5.74) is 0.0788. The number of aliphatic hydroxyl groups is 1. The van der Waals surface area contributed by atoms with Crippen LogP contribution in [-0.2, 0) is 0 Å². The molecule has 0 heterocycles. The van der Waals surface area contributed by atoms with Crippen molar-refractivity contribution in [2.45, 2.75) is 31.7 Å². The van der Waals surface area contributed by atoms with E-state index in [1.165, 1.54) is 0 Å². The summed E-state index contributed by atoms with van der Waals surface area (Å²) in [5, 5.41) is 12.2. The predicted molar refractivity (Wildman–Crippen MR) is 45.1 cm³/mol. The normalized spacial score (nSPS) is 18.7. The molecule has 1 saturated carbocycles. The molecule has 62 valence electrons. The molecule has 0 amide bonds. The monoisotopic (exact) mass is 153 g/mol. The standard InChI is InChI=1S/C9H15NO/c1-2-3-4-7-10-9(8-11)5-6-9/h10-11H,4-8H2,1H3. The largest absolute Gasteiger partial charge is 0.394 e. The van der Waals surface area contributed by atoms with E-state index in [0.717, 1.165) is 25.8 Å². The van der Waals surface area contributed by atoms with Crippen LogP contribution in [0.3, 0.4) is 0 Å². The predicted octanol–water partition coefficient (Wildman–Crippen LogP) is 0.514. The van der Waals surface area contributed by atoms with Gasteiger partial charge in [0.25, 0.3) is 0 Å². The third-order valence-electron chi connectivity index (χ3n) is 2.08. The molecule has 1 aliphatic rings. The molecule has 0 atom stereocenters. The lowest BCUT2D eigenvalue weighted by Crippen LogP contribution is -2.35. The lowest BCUT2D eigenvalue weighted by Gasteiger charge is -2.11. The summed E-state index contributed by atoms with van der Waals surface area (Å²) in [6.07, 6.45) is 3.12. The quantitative estimate of drug-likeness (QED) is 0.456. The Morgan fingerprint density at radius 2 is 2.27 bits per heavy atom. The molecule has 2 nitrogen and oxygen atoms in total. The summed E-state index contributed by atoms with van der Waals surface area (Å²) in [5.74, 6) is 5.82. The van der Waals surface area contributed by atoms with Crippen LogP contribution in [0.2, 0.25) is 0 Å². The van der Waals surface area contributed by atoms with Crippen molar-refractivity contribution in [3.05, 3.63) is 0 Å². The van der Waals surface area contributed by atoms with Gasteiger partial charge >= 0.3 is 0 Å². The Hall–Kier alpha value is -0.520. The van der Waals surface area contributed by atoms with Crippen LogP contribution in [0.5, 0.6) is 0 Å². The van der Waals surface area contributed by atoms with Gasteiger partial charge in [0, 0.05) is 18.5 Å². The molecular formula is C9H15NO. The third kappa shape index (κ3) is 2.53. The first-order valence-corrected chi connectivity index (χ1v) is 4.08. The van der Waals surface area contributed by atoms with Crippen molar-refractivity contribution in [3.63, 3.8) is 0 Å². The van der Waals surface area contributed by atoms with Crippen molar-refractivity contribution < 1.29 is 5.11 Å². The minimum atomic E-state index is 0.0788. The molecule has 2 N–H and O–H groups in total. The molecule has 11 heavy (non-hydrogen) atoms. The molecule has 0 aromatic carbocycles. The fraction of sp³-hybridized carbons (Fsp3) is 0.778. The van der Waals surface area contributed by atoms with Crippen molar-refractivity contribution >= 4 is 0 Å². The molecule has 0 unspecified atom stereocenters. The van der Waals surface area contributed by atoms with Gasteiger partial charge in [-0.1, -0.05) is 0 Å². The number of rotatable bonds is 4. The molecular weight excluding hydrogens is 138 g/mol. The lowest BCUT2D eigenvalue weighted by atomic mass is 10.3. The van der Waals surface area contributed by atoms with E-state index in [-0.39, 0.29) is 12.1 Å². The van der Waals surface area contributed by atoms with Crippen LogP contribution >= 0.6 is 0 Å². The van der Waals surface area contributed by atoms with Crippen molar-refractivity contribution in [3.8, 4) is 11.8 Å². The lowest BCUT2D eigenvalue weighted by molar-refractivity contribution is 0.231. The average Bonchev–Trinajstić information content (AvgIpc) is 2.80. The minimum Gasteiger partial charge on any atom is -0.394 e. The van der Waals surface area contributed by atoms with Crippen molar-refractivity contribution in [2.75, 3.05) is 13.2 Å². The van der Waals surface area contributed by atoms with Crippen molar-refractivity contribution in [1.29, 1.82) is 0 Å². The Labute approximate surface area is 68.0 Å². The molecule has 1 fully saturated rings. The van der Waals surface area contributed by atoms with Gasteiger partial charge in [-0.3, -0.25) is 0 Å². The van der Waals surface area contributed by atoms with Gasteiger partial charge < -0.3 is 10.4 Å². The molecule has 0 saturated heterocycles. The number of hydrogen-bond acceptors (Lipinski definition) is 2. The fourth-order valence-corrected chi connectivity index (χ4v) is 1.06. The van der Waals surface area contributed by atoms with Crippen LogP contribution < -0.4 is 5.32 Å². The first-order chi connectivity index (χ1) is 5.33. The maximum atomic E-state index is 8.91. The number of hydrogen-bond donors (Lipinski definition) is 2. The zero-order valence-corrected chi connectivity index (χ0v) is 6.98. The van der Waals surface area contributed by atoms with Gasteiger partial charge in [-0.15, -0.1) is 11.8 Å². The summed E-state index contributed by atoms with van der Waals surface area (Å²) in [4.78, 5) is 0. The van der Waals surface area contributed by atoms with Gasteiger partial charge in [0.1, 0.15) is 0 Å². The second kappa shape index (κ2) is 3.75. The highest BCUT2D eigenvalue weighted by Gasteiger charge is 2.40. The molecule has 0 spiro atoms. The van der Waals surface area contributed by atoms with E-state index >= 15 is 0 Å². The number of aliphatic hydroxyl groups excluding tert-OH is 1. The number of nitrogens with one attached hydrogen (secondary N) is 1. The Balaban J connectivity index is 2.06. The van der Waals surface area contributed by atoms with Gasteiger partial charge in [0.05, 0.1) is 6.61 Å². The first-order valence-electron chi connectivity index (χ1n) is 4.08. The zero-order chi connectivity index (χ0) is 8.16. The highest BCUT2D eigenvalue weighted by atomic mass is 16.3. The molecule has 1 rings (SSSR count). The molecule has 0 aromatic rings. The zero-order valence-electron chi connectivity index (χ0n) is 6.98. The van der Waals surface area contributed by atoms with E-state index in [0.29, 0.717) is 0 Å². The highest BCUT2D eigenvalue weighted by molar-refractivity contribution is 5.03. The third-order valence-corrected chi connectivity index (χ3v) is 2.08. The maximum absolute atomic E-state index is 8.91. The van der Waals surface area contributed by atoms with E-state index in [1.807, 2.05) is 6.92 Å². The molecule has 0 aliphatic heterocycles. The fourth-order valence-electron chi connectivity index (χ4n) is 1.06. The van der Waals surface area contributed by atoms with Crippen LogP contribution in [0.1, 0.15) is 26.2 Å². The first kappa shape index (κ1) is 8.58. The smallest absolute Gasteiger partial charge is 0.0613 e. The Morgan fingerprint density at radius 1 is 1.55 bits per heavy atom. The second-order valence-corrected chi connectivity index (χ2v) is 3.04. The van der Waals surface area contributed by atoms with E-state index in [1.54, 1.807) is 0 Å². The van der Waals surface area contributed by atoms with Gasteiger partial charge in [-0.25, -0.2) is 0 Å². The molecule has 1 aliphatic carbocycles. The van der Waals surface area contributed by atoms with Crippen LogP contribution in [-0.4, -0.2) is 23.8 Å². The van der Waals surface area contributed by atoms with Gasteiger partial charge in [0.15, 0.2) is 0 Å². The summed E-state index contributed by atoms with van der Waals surface area (Å²) < 4.78 is 0. The van der Waals surface area contributed by atoms with Crippen molar-refractivity contribution in [1.82, 2.24) is 5.32 Å². The van der Waals surface area contributed by atoms with E-state index in [2.05, 4.69) is 17.2 Å². The molecule has 0 aromatic heterocycles. The molecule has 0 radical (unpaired) electrons. The van der Waals surface area contributed by atoms with Crippen LogP contribution in [0, 0.1) is 11.8 Å². The molecule has 2 heteroatoms. The second-order valence-electron chi connectivity index (χ2n) is 3.04. The Morgan fingerprint density at radius 3 is 2.73 bits per heavy atom. The van der Waals surface area contributed by atoms with Crippen LogP contribution in [0.4, 0.5) is 0 Å². The van der Waals surface area contributed by atoms with E-state index < -0.39 is 0 Å². The summed E-state index contributed by atoms with van der Waals surface area (Å²) >= 11 is 0. The highest BCUT2D eigenvalue weighted by Crippen LogP contribution is 2.34.